The van der Waals surface area contributed by atoms with Crippen LogP contribution in [0, 0.1) is 0 Å². The number of ether oxygens (including phenoxy) is 1. The van der Waals surface area contributed by atoms with Gasteiger partial charge in [0.15, 0.2) is 9.84 Å². The van der Waals surface area contributed by atoms with Crippen LogP contribution in [0.3, 0.4) is 0 Å². The Kier molecular flexibility index (Phi) is 7.12. The van der Waals surface area contributed by atoms with Crippen LogP contribution in [0.4, 0.5) is 8.78 Å². The van der Waals surface area contributed by atoms with E-state index < -0.39 is 21.0 Å². The first-order valence-corrected chi connectivity index (χ1v) is 12.0. The predicted molar refractivity (Wildman–Crippen MR) is 110 cm³/mol. The Morgan fingerprint density at radius 2 is 1.90 bits per heavy atom. The van der Waals surface area contributed by atoms with Crippen LogP contribution in [-0.2, 0) is 14.6 Å². The summed E-state index contributed by atoms with van der Waals surface area (Å²) in [5.41, 5.74) is 0.829. The van der Waals surface area contributed by atoms with Crippen molar-refractivity contribution in [3.05, 3.63) is 42.5 Å². The number of hydrogen-bond acceptors (Lipinski definition) is 4. The molecule has 1 aliphatic carbocycles. The zero-order valence-electron chi connectivity index (χ0n) is 17.0. The van der Waals surface area contributed by atoms with Crippen LogP contribution < -0.4 is 0 Å². The molecule has 0 spiro atoms. The van der Waals surface area contributed by atoms with E-state index in [9.17, 15) is 17.2 Å². The van der Waals surface area contributed by atoms with E-state index in [0.29, 0.717) is 37.4 Å². The number of likely N-dealkylation sites (tertiary alicyclic amines) is 1. The Hall–Kier alpha value is -1.31. The van der Waals surface area contributed by atoms with Crippen molar-refractivity contribution in [2.24, 2.45) is 0 Å². The van der Waals surface area contributed by atoms with Crippen LogP contribution in [-0.4, -0.2) is 50.2 Å². The van der Waals surface area contributed by atoms with E-state index in [4.69, 9.17) is 4.74 Å². The van der Waals surface area contributed by atoms with Crippen LogP contribution >= 0.6 is 0 Å². The highest BCUT2D eigenvalue weighted by Gasteiger charge is 2.39. The number of alkyl halides is 2. The lowest BCUT2D eigenvalue weighted by atomic mass is 9.92. The van der Waals surface area contributed by atoms with Crippen LogP contribution in [0.1, 0.15) is 57.1 Å². The number of sulfone groups is 1. The van der Waals surface area contributed by atoms with Crippen molar-refractivity contribution in [2.45, 2.75) is 73.7 Å². The molecule has 1 aromatic rings. The average Bonchev–Trinajstić information content (AvgIpc) is 2.72. The third-order valence-corrected chi connectivity index (χ3v) is 8.51. The van der Waals surface area contributed by atoms with Gasteiger partial charge in [0.1, 0.15) is 0 Å². The third kappa shape index (κ3) is 5.44. The van der Waals surface area contributed by atoms with Gasteiger partial charge in [0.05, 0.1) is 22.9 Å². The molecule has 162 valence electrons. The summed E-state index contributed by atoms with van der Waals surface area (Å²) in [6.07, 6.45) is 3.91. The van der Waals surface area contributed by atoms with E-state index >= 15 is 0 Å². The number of rotatable bonds is 7. The number of hydrogen-bond donors (Lipinski definition) is 0. The molecule has 1 aliphatic heterocycles. The molecular formula is C22H31F2NO3S. The molecule has 1 unspecified atom stereocenters. The molecule has 7 heteroatoms. The Morgan fingerprint density at radius 1 is 1.24 bits per heavy atom. The molecule has 0 N–H and O–H groups in total. The normalized spacial score (nSPS) is 26.7. The lowest BCUT2D eigenvalue weighted by Gasteiger charge is -2.40. The van der Waals surface area contributed by atoms with Gasteiger partial charge in [-0.1, -0.05) is 18.2 Å². The smallest absolute Gasteiger partial charge is 0.250 e. The van der Waals surface area contributed by atoms with Gasteiger partial charge in [-0.05, 0) is 50.3 Å². The van der Waals surface area contributed by atoms with Gasteiger partial charge in [0.2, 0.25) is 0 Å². The van der Waals surface area contributed by atoms with Gasteiger partial charge in [-0.15, -0.1) is 6.58 Å². The van der Waals surface area contributed by atoms with Gasteiger partial charge >= 0.3 is 0 Å². The summed E-state index contributed by atoms with van der Waals surface area (Å²) in [6.45, 7) is 6.73. The molecule has 1 atom stereocenters. The highest BCUT2D eigenvalue weighted by molar-refractivity contribution is 7.92. The first-order chi connectivity index (χ1) is 13.7. The molecule has 29 heavy (non-hydrogen) atoms. The molecule has 2 aliphatic rings. The summed E-state index contributed by atoms with van der Waals surface area (Å²) in [7, 11) is -3.43. The van der Waals surface area contributed by atoms with Gasteiger partial charge in [-0.3, -0.25) is 4.90 Å². The molecule has 1 heterocycles. The van der Waals surface area contributed by atoms with Gasteiger partial charge in [0, 0.05) is 32.0 Å². The maximum atomic E-state index is 13.4. The van der Waals surface area contributed by atoms with Gasteiger partial charge < -0.3 is 4.74 Å². The van der Waals surface area contributed by atoms with Gasteiger partial charge in [-0.25, -0.2) is 17.2 Å². The molecule has 3 rings (SSSR count). The first-order valence-electron chi connectivity index (χ1n) is 10.4. The molecule has 4 nitrogen and oxygen atoms in total. The Labute approximate surface area is 172 Å². The summed E-state index contributed by atoms with van der Waals surface area (Å²) >= 11 is 0. The van der Waals surface area contributed by atoms with Crippen molar-refractivity contribution in [3.63, 3.8) is 0 Å². The fourth-order valence-corrected chi connectivity index (χ4v) is 6.23. The standard InChI is InChI=1S/C22H31F2NO3S/c1-3-15-28-17(2)18-5-4-6-21(16-18)29(26,27)20-9-7-19(8-10-20)25-13-11-22(23,24)12-14-25/h3-6,16-17,19-20H,1,7-15H2,2H3. The summed E-state index contributed by atoms with van der Waals surface area (Å²) in [4.78, 5) is 2.46. The van der Waals surface area contributed by atoms with E-state index in [2.05, 4.69) is 11.5 Å². The largest absolute Gasteiger partial charge is 0.370 e. The second-order valence-electron chi connectivity index (χ2n) is 8.20. The molecular weight excluding hydrogens is 396 g/mol. The van der Waals surface area contributed by atoms with Crippen LogP contribution in [0.5, 0.6) is 0 Å². The van der Waals surface area contributed by atoms with Crippen LogP contribution in [0.2, 0.25) is 0 Å². The Balaban J connectivity index is 1.62. The highest BCUT2D eigenvalue weighted by Crippen LogP contribution is 2.35. The van der Waals surface area contributed by atoms with E-state index in [0.717, 1.165) is 18.4 Å². The predicted octanol–water partition coefficient (Wildman–Crippen LogP) is 4.77. The maximum absolute atomic E-state index is 13.4. The van der Waals surface area contributed by atoms with Crippen LogP contribution in [0.25, 0.3) is 0 Å². The molecule has 0 aromatic heterocycles. The summed E-state index contributed by atoms with van der Waals surface area (Å²) in [5, 5.41) is -0.412. The summed E-state index contributed by atoms with van der Waals surface area (Å²) in [6, 6.07) is 7.21. The average molecular weight is 428 g/mol. The Morgan fingerprint density at radius 3 is 2.52 bits per heavy atom. The molecule has 1 saturated carbocycles. The molecule has 0 amide bonds. The minimum Gasteiger partial charge on any atom is -0.370 e. The fraction of sp³-hybridized carbons (Fsp3) is 0.636. The molecule has 2 fully saturated rings. The minimum atomic E-state index is -3.43. The molecule has 0 radical (unpaired) electrons. The van der Waals surface area contributed by atoms with Crippen LogP contribution in [0.15, 0.2) is 41.8 Å². The first kappa shape index (κ1) is 22.4. The number of halogens is 2. The van der Waals surface area contributed by atoms with Crippen molar-refractivity contribution in [1.82, 2.24) is 4.90 Å². The van der Waals surface area contributed by atoms with Crippen molar-refractivity contribution in [2.75, 3.05) is 19.7 Å². The van der Waals surface area contributed by atoms with Gasteiger partial charge in [0.25, 0.3) is 5.92 Å². The SMILES string of the molecule is C=CCOC(C)c1cccc(S(=O)(=O)C2CCC(N3CCC(F)(F)CC3)CC2)c1. The van der Waals surface area contributed by atoms with E-state index in [1.54, 1.807) is 24.3 Å². The summed E-state index contributed by atoms with van der Waals surface area (Å²) in [5.74, 6) is -2.55. The fourth-order valence-electron chi connectivity index (χ4n) is 4.38. The molecule has 1 aromatic carbocycles. The third-order valence-electron chi connectivity index (χ3n) is 6.25. The second kappa shape index (κ2) is 9.23. The van der Waals surface area contributed by atoms with Crippen molar-refractivity contribution in [3.8, 4) is 0 Å². The lowest BCUT2D eigenvalue weighted by Crippen LogP contribution is -2.47. The number of benzene rings is 1. The zero-order valence-corrected chi connectivity index (χ0v) is 17.8. The van der Waals surface area contributed by atoms with E-state index in [1.165, 1.54) is 0 Å². The molecule has 1 saturated heterocycles. The Bertz CT molecular complexity index is 794. The minimum absolute atomic E-state index is 0.0931. The molecule has 0 bridgehead atoms. The zero-order chi connectivity index (χ0) is 21.1. The summed E-state index contributed by atoms with van der Waals surface area (Å²) < 4.78 is 58.7. The number of nitrogens with zero attached hydrogens (tertiary/aromatic N) is 1. The topological polar surface area (TPSA) is 46.6 Å². The maximum Gasteiger partial charge on any atom is 0.250 e. The van der Waals surface area contributed by atoms with E-state index in [1.807, 2.05) is 13.0 Å². The second-order valence-corrected chi connectivity index (χ2v) is 10.4. The number of piperidine rings is 1. The van der Waals surface area contributed by atoms with Crippen molar-refractivity contribution < 1.29 is 21.9 Å². The quantitative estimate of drug-likeness (QED) is 0.589. The monoisotopic (exact) mass is 427 g/mol. The van der Waals surface area contributed by atoms with Crippen molar-refractivity contribution in [1.29, 1.82) is 0 Å². The highest BCUT2D eigenvalue weighted by atomic mass is 32.2. The van der Waals surface area contributed by atoms with Gasteiger partial charge in [-0.2, -0.15) is 0 Å². The van der Waals surface area contributed by atoms with E-state index in [-0.39, 0.29) is 25.0 Å². The van der Waals surface area contributed by atoms with Crippen molar-refractivity contribution >= 4 is 9.84 Å². The lowest BCUT2D eigenvalue weighted by molar-refractivity contribution is -0.0655.